The molecular formula is C20H28N2O4S2. The summed E-state index contributed by atoms with van der Waals surface area (Å²) in [5.41, 5.74) is 1.14. The summed E-state index contributed by atoms with van der Waals surface area (Å²) in [4.78, 5) is 19.0. The van der Waals surface area contributed by atoms with Gasteiger partial charge < -0.3 is 9.64 Å². The van der Waals surface area contributed by atoms with Gasteiger partial charge in [-0.25, -0.2) is 8.42 Å². The minimum Gasteiger partial charge on any atom is -0.497 e. The van der Waals surface area contributed by atoms with Gasteiger partial charge in [0.05, 0.1) is 24.7 Å². The molecule has 2 aliphatic rings. The molecule has 0 N–H and O–H groups in total. The van der Waals surface area contributed by atoms with Gasteiger partial charge in [0.25, 0.3) is 5.91 Å². The molecule has 8 heteroatoms. The lowest BCUT2D eigenvalue weighted by Gasteiger charge is -2.24. The van der Waals surface area contributed by atoms with Gasteiger partial charge in [0.15, 0.2) is 15.0 Å². The van der Waals surface area contributed by atoms with Gasteiger partial charge in [-0.3, -0.25) is 4.79 Å². The molecule has 0 bridgehead atoms. The Morgan fingerprint density at radius 2 is 1.93 bits per heavy atom. The average Bonchev–Trinajstić information content (AvgIpc) is 3.12. The molecule has 0 spiro atoms. The van der Waals surface area contributed by atoms with Crippen LogP contribution in [0.1, 0.15) is 32.3 Å². The average molecular weight is 425 g/mol. The van der Waals surface area contributed by atoms with E-state index in [1.807, 2.05) is 43.0 Å². The fourth-order valence-electron chi connectivity index (χ4n) is 3.76. The van der Waals surface area contributed by atoms with E-state index in [4.69, 9.17) is 4.74 Å². The normalized spacial score (nSPS) is 24.7. The Labute approximate surface area is 171 Å². The summed E-state index contributed by atoms with van der Waals surface area (Å²) >= 11 is 1.46. The minimum absolute atomic E-state index is 0.0332. The second-order valence-electron chi connectivity index (χ2n) is 7.34. The Morgan fingerprint density at radius 3 is 2.54 bits per heavy atom. The molecule has 154 valence electrons. The molecule has 2 fully saturated rings. The molecule has 2 atom stereocenters. The number of rotatable bonds is 7. The fraction of sp³-hybridized carbons (Fsp3) is 0.600. The van der Waals surface area contributed by atoms with Gasteiger partial charge in [-0.2, -0.15) is 4.99 Å². The first-order chi connectivity index (χ1) is 13.4. The van der Waals surface area contributed by atoms with E-state index in [9.17, 15) is 13.2 Å². The SMILES string of the molecule is CCC(CC)C(=O)N=C1S[C@@H]2CS(=O)(=O)C[C@@H]2N1CCc1ccc(OC)cc1. The van der Waals surface area contributed by atoms with Gasteiger partial charge in [-0.1, -0.05) is 37.7 Å². The molecule has 0 aromatic heterocycles. The lowest BCUT2D eigenvalue weighted by molar-refractivity contribution is -0.121. The summed E-state index contributed by atoms with van der Waals surface area (Å²) in [7, 11) is -1.39. The minimum atomic E-state index is -3.03. The smallest absolute Gasteiger partial charge is 0.251 e. The fourth-order valence-corrected chi connectivity index (χ4v) is 7.75. The number of nitrogens with zero attached hydrogens (tertiary/aromatic N) is 2. The monoisotopic (exact) mass is 424 g/mol. The van der Waals surface area contributed by atoms with Gasteiger partial charge in [0.1, 0.15) is 5.75 Å². The number of carbonyl (C=O) groups is 1. The van der Waals surface area contributed by atoms with Gasteiger partial charge in [0.2, 0.25) is 0 Å². The zero-order valence-electron chi connectivity index (χ0n) is 16.6. The Morgan fingerprint density at radius 1 is 1.25 bits per heavy atom. The van der Waals surface area contributed by atoms with Crippen molar-refractivity contribution in [3.63, 3.8) is 0 Å². The van der Waals surface area contributed by atoms with Gasteiger partial charge in [-0.15, -0.1) is 0 Å². The van der Waals surface area contributed by atoms with Crippen LogP contribution in [-0.4, -0.2) is 60.8 Å². The molecule has 1 aromatic rings. The van der Waals surface area contributed by atoms with Crippen LogP contribution in [0.15, 0.2) is 29.3 Å². The summed E-state index contributed by atoms with van der Waals surface area (Å²) in [5.74, 6) is 0.955. The Hall–Kier alpha value is -1.54. The number of aliphatic imine (C=N–C) groups is 1. The third-order valence-corrected chi connectivity index (χ3v) is 8.76. The molecule has 28 heavy (non-hydrogen) atoms. The lowest BCUT2D eigenvalue weighted by atomic mass is 10.0. The molecule has 1 amide bonds. The van der Waals surface area contributed by atoms with Crippen molar-refractivity contribution in [1.82, 2.24) is 4.90 Å². The second-order valence-corrected chi connectivity index (χ2v) is 10.7. The van der Waals surface area contributed by atoms with Crippen molar-refractivity contribution in [3.8, 4) is 5.75 Å². The van der Waals surface area contributed by atoms with Crippen LogP contribution in [0.5, 0.6) is 5.75 Å². The van der Waals surface area contributed by atoms with E-state index in [1.54, 1.807) is 7.11 Å². The first-order valence-electron chi connectivity index (χ1n) is 9.76. The van der Waals surface area contributed by atoms with Crippen molar-refractivity contribution in [2.45, 2.75) is 44.4 Å². The number of fused-ring (bicyclic) bond motifs is 1. The molecule has 1 aromatic carbocycles. The maximum atomic E-state index is 12.5. The highest BCUT2D eigenvalue weighted by atomic mass is 32.2. The van der Waals surface area contributed by atoms with Crippen molar-refractivity contribution in [2.24, 2.45) is 10.9 Å². The summed E-state index contributed by atoms with van der Waals surface area (Å²) in [6.07, 6.45) is 2.29. The van der Waals surface area contributed by atoms with Crippen LogP contribution in [0, 0.1) is 5.92 Å². The van der Waals surface area contributed by atoms with E-state index in [0.717, 1.165) is 30.6 Å². The van der Waals surface area contributed by atoms with Crippen LogP contribution in [0.2, 0.25) is 0 Å². The first kappa shape index (κ1) is 21.2. The second kappa shape index (κ2) is 8.86. The number of amidine groups is 1. The largest absolute Gasteiger partial charge is 0.497 e. The molecule has 0 unspecified atom stereocenters. The molecule has 2 heterocycles. The Kier molecular flexibility index (Phi) is 6.70. The number of thioether (sulfide) groups is 1. The van der Waals surface area contributed by atoms with Crippen molar-refractivity contribution in [2.75, 3.05) is 25.2 Å². The zero-order valence-corrected chi connectivity index (χ0v) is 18.3. The molecular weight excluding hydrogens is 396 g/mol. The third kappa shape index (κ3) is 4.71. The summed E-state index contributed by atoms with van der Waals surface area (Å²) in [6, 6.07) is 7.76. The predicted octanol–water partition coefficient (Wildman–Crippen LogP) is 2.77. The summed E-state index contributed by atoms with van der Waals surface area (Å²) in [5, 5.41) is 0.657. The van der Waals surface area contributed by atoms with Crippen molar-refractivity contribution >= 4 is 32.7 Å². The van der Waals surface area contributed by atoms with E-state index in [2.05, 4.69) is 4.99 Å². The predicted molar refractivity (Wildman–Crippen MR) is 114 cm³/mol. The van der Waals surface area contributed by atoms with E-state index >= 15 is 0 Å². The van der Waals surface area contributed by atoms with Gasteiger partial charge in [0, 0.05) is 17.7 Å². The van der Waals surface area contributed by atoms with Crippen molar-refractivity contribution in [1.29, 1.82) is 0 Å². The van der Waals surface area contributed by atoms with Crippen LogP contribution < -0.4 is 4.74 Å². The Balaban J connectivity index is 1.78. The van der Waals surface area contributed by atoms with Crippen LogP contribution in [-0.2, 0) is 21.1 Å². The number of ether oxygens (including phenoxy) is 1. The lowest BCUT2D eigenvalue weighted by Crippen LogP contribution is -2.39. The topological polar surface area (TPSA) is 76.0 Å². The van der Waals surface area contributed by atoms with Crippen LogP contribution in [0.4, 0.5) is 0 Å². The van der Waals surface area contributed by atoms with E-state index < -0.39 is 9.84 Å². The first-order valence-corrected chi connectivity index (χ1v) is 12.5. The van der Waals surface area contributed by atoms with Gasteiger partial charge in [-0.05, 0) is 37.0 Å². The van der Waals surface area contributed by atoms with Crippen LogP contribution >= 0.6 is 11.8 Å². The molecule has 2 aliphatic heterocycles. The number of sulfone groups is 1. The summed E-state index contributed by atoms with van der Waals surface area (Å²) in [6.45, 7) is 4.64. The van der Waals surface area contributed by atoms with Crippen LogP contribution in [0.3, 0.4) is 0 Å². The molecule has 0 radical (unpaired) electrons. The standard InChI is InChI=1S/C20H28N2O4S2/c1-4-15(5-2)19(23)21-20-22(17-12-28(24,25)13-18(17)27-20)11-10-14-6-8-16(26-3)9-7-14/h6-9,15,17-18H,4-5,10-13H2,1-3H3/t17-,18+/m0/s1. The molecule has 2 saturated heterocycles. The molecule has 6 nitrogen and oxygen atoms in total. The molecule has 0 aliphatic carbocycles. The highest BCUT2D eigenvalue weighted by Gasteiger charge is 2.48. The number of hydrogen-bond donors (Lipinski definition) is 0. The van der Waals surface area contributed by atoms with Crippen LogP contribution in [0.25, 0.3) is 0 Å². The Bertz CT molecular complexity index is 832. The number of benzene rings is 1. The quantitative estimate of drug-likeness (QED) is 0.670. The van der Waals surface area contributed by atoms with Crippen molar-refractivity contribution < 1.29 is 17.9 Å². The molecule has 0 saturated carbocycles. The number of methoxy groups -OCH3 is 1. The third-order valence-electron chi connectivity index (χ3n) is 5.52. The van der Waals surface area contributed by atoms with E-state index in [0.29, 0.717) is 11.7 Å². The highest BCUT2D eigenvalue weighted by molar-refractivity contribution is 8.15. The number of carbonyl (C=O) groups excluding carboxylic acids is 1. The highest BCUT2D eigenvalue weighted by Crippen LogP contribution is 2.38. The zero-order chi connectivity index (χ0) is 20.3. The maximum absolute atomic E-state index is 12.5. The van der Waals surface area contributed by atoms with E-state index in [1.165, 1.54) is 11.8 Å². The number of amides is 1. The van der Waals surface area contributed by atoms with Gasteiger partial charge >= 0.3 is 0 Å². The molecule has 3 rings (SSSR count). The van der Waals surface area contributed by atoms with E-state index in [-0.39, 0.29) is 34.6 Å². The maximum Gasteiger partial charge on any atom is 0.251 e. The van der Waals surface area contributed by atoms with Crippen molar-refractivity contribution in [3.05, 3.63) is 29.8 Å². The number of hydrogen-bond acceptors (Lipinski definition) is 5. The summed E-state index contributed by atoms with van der Waals surface area (Å²) < 4.78 is 29.4.